The molecular weight excluding hydrogens is 314 g/mol. The molecule has 0 fully saturated rings. The highest BCUT2D eigenvalue weighted by Gasteiger charge is 2.20. The van der Waals surface area contributed by atoms with Crippen LogP contribution < -0.4 is 0 Å². The van der Waals surface area contributed by atoms with E-state index in [2.05, 4.69) is 5.10 Å². The molecule has 0 unspecified atom stereocenters. The molecule has 1 heterocycles. The maximum absolute atomic E-state index is 13.7. The van der Waals surface area contributed by atoms with Crippen molar-refractivity contribution in [2.24, 2.45) is 0 Å². The second-order valence-electron chi connectivity index (χ2n) is 4.60. The fourth-order valence-corrected chi connectivity index (χ4v) is 2.65. The smallest absolute Gasteiger partial charge is 0.171 e. The first-order valence-electron chi connectivity index (χ1n) is 6.70. The molecular formula is C15H15Cl2FN2O. The van der Waals surface area contributed by atoms with Crippen LogP contribution in [0.5, 0.6) is 0 Å². The number of rotatable bonds is 5. The van der Waals surface area contributed by atoms with Gasteiger partial charge in [0.25, 0.3) is 0 Å². The van der Waals surface area contributed by atoms with Crippen molar-refractivity contribution >= 4 is 29.0 Å². The minimum atomic E-state index is -0.584. The molecule has 0 aliphatic rings. The normalized spacial score (nSPS) is 10.9. The Kier molecular flexibility index (Phi) is 5.01. The Bertz CT molecular complexity index is 683. The Morgan fingerprint density at radius 3 is 2.67 bits per heavy atom. The van der Waals surface area contributed by atoms with Gasteiger partial charge >= 0.3 is 0 Å². The first-order valence-corrected chi connectivity index (χ1v) is 7.45. The van der Waals surface area contributed by atoms with E-state index >= 15 is 0 Å². The molecule has 3 nitrogen and oxygen atoms in total. The first-order chi connectivity index (χ1) is 9.97. The third-order valence-corrected chi connectivity index (χ3v) is 3.92. The van der Waals surface area contributed by atoms with Crippen molar-refractivity contribution in [2.75, 3.05) is 0 Å². The van der Waals surface area contributed by atoms with Gasteiger partial charge < -0.3 is 0 Å². The van der Waals surface area contributed by atoms with Gasteiger partial charge in [0.05, 0.1) is 28.4 Å². The number of Topliss-reactive ketones (excluding diaryl/α,β-unsaturated/α-hetero) is 1. The Morgan fingerprint density at radius 1 is 1.33 bits per heavy atom. The van der Waals surface area contributed by atoms with E-state index in [0.717, 1.165) is 5.69 Å². The topological polar surface area (TPSA) is 34.9 Å². The maximum atomic E-state index is 13.7. The van der Waals surface area contributed by atoms with E-state index in [9.17, 15) is 9.18 Å². The van der Waals surface area contributed by atoms with Crippen molar-refractivity contribution in [3.05, 3.63) is 51.0 Å². The number of hydrogen-bond acceptors (Lipinski definition) is 2. The van der Waals surface area contributed by atoms with Crippen molar-refractivity contribution in [2.45, 2.75) is 33.2 Å². The molecule has 1 aromatic heterocycles. The summed E-state index contributed by atoms with van der Waals surface area (Å²) < 4.78 is 15.4. The zero-order chi connectivity index (χ0) is 15.6. The van der Waals surface area contributed by atoms with Gasteiger partial charge in [0.1, 0.15) is 5.82 Å². The van der Waals surface area contributed by atoms with E-state index in [-0.39, 0.29) is 17.8 Å². The minimum absolute atomic E-state index is 0.00304. The number of nitrogens with zero attached hydrogens (tertiary/aromatic N) is 2. The maximum Gasteiger partial charge on any atom is 0.171 e. The van der Waals surface area contributed by atoms with Crippen molar-refractivity contribution in [3.63, 3.8) is 0 Å². The van der Waals surface area contributed by atoms with Gasteiger partial charge in [0.15, 0.2) is 5.78 Å². The average Bonchev–Trinajstić information content (AvgIpc) is 2.77. The van der Waals surface area contributed by atoms with E-state index < -0.39 is 5.82 Å². The summed E-state index contributed by atoms with van der Waals surface area (Å²) >= 11 is 12.1. The molecule has 2 rings (SSSR count). The molecule has 0 saturated heterocycles. The van der Waals surface area contributed by atoms with Crippen molar-refractivity contribution < 1.29 is 9.18 Å². The van der Waals surface area contributed by atoms with Crippen LogP contribution in [0.1, 0.15) is 35.6 Å². The molecule has 0 saturated carbocycles. The molecule has 0 aliphatic carbocycles. The number of ketones is 1. The largest absolute Gasteiger partial charge is 0.294 e. The molecule has 0 radical (unpaired) electrons. The molecule has 2 aromatic rings. The van der Waals surface area contributed by atoms with Crippen LogP contribution >= 0.6 is 23.2 Å². The Balaban J connectivity index is 2.35. The summed E-state index contributed by atoms with van der Waals surface area (Å²) in [6.45, 7) is 4.45. The SMILES string of the molecule is CCc1nn(CC)c(CC(=O)c2cc(Cl)ccc2F)c1Cl. The number of aryl methyl sites for hydroxylation is 2. The molecule has 0 amide bonds. The van der Waals surface area contributed by atoms with Gasteiger partial charge in [-0.3, -0.25) is 9.48 Å². The third-order valence-electron chi connectivity index (χ3n) is 3.25. The number of carbonyl (C=O) groups is 1. The first kappa shape index (κ1) is 16.0. The van der Waals surface area contributed by atoms with E-state index in [4.69, 9.17) is 23.2 Å². The van der Waals surface area contributed by atoms with E-state index in [1.54, 1.807) is 4.68 Å². The summed E-state index contributed by atoms with van der Waals surface area (Å²) in [6, 6.07) is 3.93. The van der Waals surface area contributed by atoms with Crippen LogP contribution in [0.25, 0.3) is 0 Å². The highest BCUT2D eigenvalue weighted by molar-refractivity contribution is 6.32. The van der Waals surface area contributed by atoms with E-state index in [0.29, 0.717) is 28.7 Å². The standard InChI is InChI=1S/C15H15Cl2FN2O/c1-3-12-15(17)13(20(4-2)19-12)8-14(21)10-7-9(16)5-6-11(10)18/h5-7H,3-4,8H2,1-2H3. The highest BCUT2D eigenvalue weighted by atomic mass is 35.5. The second kappa shape index (κ2) is 6.58. The lowest BCUT2D eigenvalue weighted by atomic mass is 10.1. The number of hydrogen-bond donors (Lipinski definition) is 0. The van der Waals surface area contributed by atoms with Crippen LogP contribution in [-0.2, 0) is 19.4 Å². The van der Waals surface area contributed by atoms with Gasteiger partial charge in [-0.15, -0.1) is 0 Å². The summed E-state index contributed by atoms with van der Waals surface area (Å²) in [5.41, 5.74) is 1.33. The number of halogens is 3. The average molecular weight is 329 g/mol. The van der Waals surface area contributed by atoms with Crippen molar-refractivity contribution in [1.82, 2.24) is 9.78 Å². The van der Waals surface area contributed by atoms with Gasteiger partial charge in [-0.2, -0.15) is 5.10 Å². The van der Waals surface area contributed by atoms with Crippen LogP contribution in [0.3, 0.4) is 0 Å². The molecule has 0 bridgehead atoms. The summed E-state index contributed by atoms with van der Waals surface area (Å²) in [6.07, 6.45) is 0.676. The lowest BCUT2D eigenvalue weighted by Crippen LogP contribution is -2.11. The molecule has 112 valence electrons. The summed E-state index contributed by atoms with van der Waals surface area (Å²) in [4.78, 5) is 12.3. The molecule has 21 heavy (non-hydrogen) atoms. The zero-order valence-electron chi connectivity index (χ0n) is 11.8. The minimum Gasteiger partial charge on any atom is -0.294 e. The quantitative estimate of drug-likeness (QED) is 0.765. The summed E-state index contributed by atoms with van der Waals surface area (Å²) in [7, 11) is 0. The van der Waals surface area contributed by atoms with E-state index in [1.807, 2.05) is 13.8 Å². The molecule has 1 aromatic carbocycles. The fourth-order valence-electron chi connectivity index (χ4n) is 2.14. The Hall–Kier alpha value is -1.39. The fraction of sp³-hybridized carbons (Fsp3) is 0.333. The van der Waals surface area contributed by atoms with Crippen LogP contribution in [0, 0.1) is 5.82 Å². The molecule has 0 spiro atoms. The lowest BCUT2D eigenvalue weighted by molar-refractivity contribution is 0.0986. The van der Waals surface area contributed by atoms with Crippen molar-refractivity contribution in [3.8, 4) is 0 Å². The van der Waals surface area contributed by atoms with E-state index in [1.165, 1.54) is 18.2 Å². The Morgan fingerprint density at radius 2 is 2.05 bits per heavy atom. The Labute approximate surface area is 132 Å². The van der Waals surface area contributed by atoms with Crippen LogP contribution in [0.4, 0.5) is 4.39 Å². The van der Waals surface area contributed by atoms with Crippen LogP contribution in [0.15, 0.2) is 18.2 Å². The molecule has 0 atom stereocenters. The number of aromatic nitrogens is 2. The zero-order valence-corrected chi connectivity index (χ0v) is 13.3. The predicted octanol–water partition coefficient (Wildman–Crippen LogP) is 4.34. The highest BCUT2D eigenvalue weighted by Crippen LogP contribution is 2.24. The second-order valence-corrected chi connectivity index (χ2v) is 5.42. The molecule has 0 aliphatic heterocycles. The van der Waals surface area contributed by atoms with Crippen molar-refractivity contribution in [1.29, 1.82) is 0 Å². The predicted molar refractivity (Wildman–Crippen MR) is 81.7 cm³/mol. The summed E-state index contributed by atoms with van der Waals surface area (Å²) in [5, 5.41) is 5.15. The lowest BCUT2D eigenvalue weighted by Gasteiger charge is -2.06. The van der Waals surface area contributed by atoms with Gasteiger partial charge in [-0.05, 0) is 31.5 Å². The van der Waals surface area contributed by atoms with Gasteiger partial charge in [-0.1, -0.05) is 30.1 Å². The number of carbonyl (C=O) groups excluding carboxylic acids is 1. The summed E-state index contributed by atoms with van der Waals surface area (Å²) in [5.74, 6) is -0.951. The van der Waals surface area contributed by atoms with Gasteiger partial charge in [-0.25, -0.2) is 4.39 Å². The third kappa shape index (κ3) is 3.27. The van der Waals surface area contributed by atoms with Gasteiger partial charge in [0, 0.05) is 11.6 Å². The van der Waals surface area contributed by atoms with Gasteiger partial charge in [0.2, 0.25) is 0 Å². The molecule has 0 N–H and O–H groups in total. The van der Waals surface area contributed by atoms with Crippen LogP contribution in [0.2, 0.25) is 10.0 Å². The number of benzene rings is 1. The van der Waals surface area contributed by atoms with Crippen LogP contribution in [-0.4, -0.2) is 15.6 Å². The monoisotopic (exact) mass is 328 g/mol. The molecule has 6 heteroatoms.